The van der Waals surface area contributed by atoms with Gasteiger partial charge >= 0.3 is 5.97 Å². The van der Waals surface area contributed by atoms with E-state index in [2.05, 4.69) is 4.74 Å². The molecular formula is C16H16O4. The van der Waals surface area contributed by atoms with Crippen LogP contribution in [0.5, 0.6) is 5.75 Å². The Morgan fingerprint density at radius 3 is 2.25 bits per heavy atom. The number of esters is 1. The predicted octanol–water partition coefficient (Wildman–Crippen LogP) is 2.64. The molecule has 2 rings (SSSR count). The summed E-state index contributed by atoms with van der Waals surface area (Å²) >= 11 is 0. The maximum Gasteiger partial charge on any atom is 0.337 e. The average molecular weight is 272 g/mol. The molecule has 0 bridgehead atoms. The van der Waals surface area contributed by atoms with Crippen molar-refractivity contribution in [1.82, 2.24) is 0 Å². The Morgan fingerprint density at radius 2 is 1.70 bits per heavy atom. The van der Waals surface area contributed by atoms with Crippen molar-refractivity contribution in [1.29, 1.82) is 0 Å². The summed E-state index contributed by atoms with van der Waals surface area (Å²) in [5, 5.41) is 9.33. The van der Waals surface area contributed by atoms with Crippen molar-refractivity contribution >= 4 is 5.97 Å². The van der Waals surface area contributed by atoms with Crippen LogP contribution in [0.25, 0.3) is 11.1 Å². The van der Waals surface area contributed by atoms with Gasteiger partial charge in [0.1, 0.15) is 5.75 Å². The fourth-order valence-corrected chi connectivity index (χ4v) is 2.00. The first-order valence-corrected chi connectivity index (χ1v) is 6.16. The van der Waals surface area contributed by atoms with Crippen molar-refractivity contribution < 1.29 is 19.4 Å². The van der Waals surface area contributed by atoms with Gasteiger partial charge in [-0.3, -0.25) is 0 Å². The second kappa shape index (κ2) is 6.21. The summed E-state index contributed by atoms with van der Waals surface area (Å²) < 4.78 is 9.83. The van der Waals surface area contributed by atoms with Gasteiger partial charge in [0.25, 0.3) is 0 Å². The number of hydrogen-bond acceptors (Lipinski definition) is 4. The number of carbonyl (C=O) groups excluding carboxylic acids is 1. The summed E-state index contributed by atoms with van der Waals surface area (Å²) in [6.45, 7) is -0.0861. The Bertz CT molecular complexity index is 602. The lowest BCUT2D eigenvalue weighted by molar-refractivity contribution is 0.0601. The number of aliphatic hydroxyl groups excluding tert-OH is 1. The smallest absolute Gasteiger partial charge is 0.337 e. The molecule has 0 saturated heterocycles. The highest BCUT2D eigenvalue weighted by molar-refractivity contribution is 5.90. The largest absolute Gasteiger partial charge is 0.496 e. The van der Waals surface area contributed by atoms with Crippen molar-refractivity contribution in [2.75, 3.05) is 14.2 Å². The minimum Gasteiger partial charge on any atom is -0.496 e. The molecule has 1 N–H and O–H groups in total. The van der Waals surface area contributed by atoms with Gasteiger partial charge in [0.15, 0.2) is 0 Å². The summed E-state index contributed by atoms with van der Waals surface area (Å²) in [4.78, 5) is 11.4. The molecule has 0 spiro atoms. The van der Waals surface area contributed by atoms with E-state index >= 15 is 0 Å². The zero-order valence-corrected chi connectivity index (χ0v) is 11.4. The number of carbonyl (C=O) groups is 1. The molecule has 104 valence electrons. The zero-order valence-electron chi connectivity index (χ0n) is 11.4. The quantitative estimate of drug-likeness (QED) is 0.869. The van der Waals surface area contributed by atoms with Crippen molar-refractivity contribution in [2.24, 2.45) is 0 Å². The SMILES string of the molecule is COC(=O)c1ccc(-c2ccc(OC)c(CO)c2)cc1. The molecule has 0 fully saturated rings. The number of benzene rings is 2. The highest BCUT2D eigenvalue weighted by Crippen LogP contribution is 2.27. The molecule has 0 aromatic heterocycles. The molecule has 0 aliphatic rings. The molecule has 0 unspecified atom stereocenters. The van der Waals surface area contributed by atoms with E-state index in [1.54, 1.807) is 19.2 Å². The molecule has 0 aliphatic heterocycles. The van der Waals surface area contributed by atoms with E-state index in [0.717, 1.165) is 16.7 Å². The minimum atomic E-state index is -0.359. The number of methoxy groups -OCH3 is 2. The molecule has 0 heterocycles. The van der Waals surface area contributed by atoms with Crippen molar-refractivity contribution in [3.05, 3.63) is 53.6 Å². The Kier molecular flexibility index (Phi) is 4.38. The lowest BCUT2D eigenvalue weighted by Crippen LogP contribution is -2.00. The van der Waals surface area contributed by atoms with E-state index in [4.69, 9.17) is 4.74 Å². The molecule has 2 aromatic carbocycles. The van der Waals surface area contributed by atoms with Gasteiger partial charge in [0, 0.05) is 5.56 Å². The van der Waals surface area contributed by atoms with Crippen LogP contribution in [0, 0.1) is 0 Å². The average Bonchev–Trinajstić information content (AvgIpc) is 2.53. The highest BCUT2D eigenvalue weighted by Gasteiger charge is 2.07. The predicted molar refractivity (Wildman–Crippen MR) is 75.7 cm³/mol. The van der Waals surface area contributed by atoms with Gasteiger partial charge in [0.05, 0.1) is 26.4 Å². The maximum absolute atomic E-state index is 11.4. The van der Waals surface area contributed by atoms with Gasteiger partial charge in [0.2, 0.25) is 0 Å². The summed E-state index contributed by atoms with van der Waals surface area (Å²) in [6.07, 6.45) is 0. The molecule has 4 nitrogen and oxygen atoms in total. The second-order valence-electron chi connectivity index (χ2n) is 4.25. The number of aliphatic hydroxyl groups is 1. The first-order chi connectivity index (χ1) is 9.69. The first-order valence-electron chi connectivity index (χ1n) is 6.16. The monoisotopic (exact) mass is 272 g/mol. The van der Waals surface area contributed by atoms with E-state index in [1.165, 1.54) is 7.11 Å². The normalized spacial score (nSPS) is 10.2. The molecule has 0 saturated carbocycles. The van der Waals surface area contributed by atoms with Gasteiger partial charge in [-0.25, -0.2) is 4.79 Å². The number of rotatable bonds is 4. The van der Waals surface area contributed by atoms with Gasteiger partial charge in [-0.15, -0.1) is 0 Å². The summed E-state index contributed by atoms with van der Waals surface area (Å²) in [7, 11) is 2.92. The van der Waals surface area contributed by atoms with E-state index in [0.29, 0.717) is 11.3 Å². The van der Waals surface area contributed by atoms with Crippen LogP contribution in [-0.2, 0) is 11.3 Å². The highest BCUT2D eigenvalue weighted by atomic mass is 16.5. The van der Waals surface area contributed by atoms with Crippen LogP contribution >= 0.6 is 0 Å². The van der Waals surface area contributed by atoms with Gasteiger partial charge < -0.3 is 14.6 Å². The first kappa shape index (κ1) is 14.1. The minimum absolute atomic E-state index is 0.0861. The van der Waals surface area contributed by atoms with Crippen LogP contribution in [0.2, 0.25) is 0 Å². The molecule has 0 radical (unpaired) electrons. The standard InChI is InChI=1S/C16H16O4/c1-19-15-8-7-13(9-14(15)10-17)11-3-5-12(6-4-11)16(18)20-2/h3-9,17H,10H2,1-2H3. The van der Waals surface area contributed by atoms with Crippen molar-refractivity contribution in [2.45, 2.75) is 6.61 Å². The van der Waals surface area contributed by atoms with Crippen LogP contribution in [0.3, 0.4) is 0 Å². The molecule has 20 heavy (non-hydrogen) atoms. The molecule has 4 heteroatoms. The Morgan fingerprint density at radius 1 is 1.05 bits per heavy atom. The van der Waals surface area contributed by atoms with Gasteiger partial charge in [-0.05, 0) is 35.4 Å². The lowest BCUT2D eigenvalue weighted by atomic mass is 10.0. The molecule has 2 aromatic rings. The van der Waals surface area contributed by atoms with E-state index in [-0.39, 0.29) is 12.6 Å². The third-order valence-electron chi connectivity index (χ3n) is 3.09. The maximum atomic E-state index is 11.4. The summed E-state index contributed by atoms with van der Waals surface area (Å²) in [5.74, 6) is 0.296. The molecule has 0 atom stereocenters. The topological polar surface area (TPSA) is 55.8 Å². The number of hydrogen-bond donors (Lipinski definition) is 1. The third kappa shape index (κ3) is 2.81. The molecule has 0 amide bonds. The molecule has 0 aliphatic carbocycles. The van der Waals surface area contributed by atoms with Crippen LogP contribution in [0.1, 0.15) is 15.9 Å². The van der Waals surface area contributed by atoms with Crippen LogP contribution in [0.15, 0.2) is 42.5 Å². The van der Waals surface area contributed by atoms with Crippen LogP contribution < -0.4 is 4.74 Å². The number of ether oxygens (including phenoxy) is 2. The fourth-order valence-electron chi connectivity index (χ4n) is 2.00. The summed E-state index contributed by atoms with van der Waals surface area (Å²) in [5.41, 5.74) is 3.13. The van der Waals surface area contributed by atoms with Gasteiger partial charge in [-0.1, -0.05) is 18.2 Å². The lowest BCUT2D eigenvalue weighted by Gasteiger charge is -2.09. The Labute approximate surface area is 117 Å². The Balaban J connectivity index is 2.34. The molecular weight excluding hydrogens is 256 g/mol. The van der Waals surface area contributed by atoms with E-state index < -0.39 is 0 Å². The second-order valence-corrected chi connectivity index (χ2v) is 4.25. The van der Waals surface area contributed by atoms with Crippen LogP contribution in [0.4, 0.5) is 0 Å². The van der Waals surface area contributed by atoms with E-state index in [9.17, 15) is 9.90 Å². The van der Waals surface area contributed by atoms with E-state index in [1.807, 2.05) is 30.3 Å². The summed E-state index contributed by atoms with van der Waals surface area (Å²) in [6, 6.07) is 12.7. The van der Waals surface area contributed by atoms with Gasteiger partial charge in [-0.2, -0.15) is 0 Å². The zero-order chi connectivity index (χ0) is 14.5. The van der Waals surface area contributed by atoms with Crippen LogP contribution in [-0.4, -0.2) is 25.3 Å². The van der Waals surface area contributed by atoms with Crippen molar-refractivity contribution in [3.8, 4) is 16.9 Å². The fraction of sp³-hybridized carbons (Fsp3) is 0.188. The van der Waals surface area contributed by atoms with Crippen molar-refractivity contribution in [3.63, 3.8) is 0 Å². The Hall–Kier alpha value is -2.33. The third-order valence-corrected chi connectivity index (χ3v) is 3.09.